The van der Waals surface area contributed by atoms with Crippen molar-refractivity contribution in [3.8, 4) is 0 Å². The standard InChI is InChI=1S/C25H39NO5/c1-13(2)9-18-22-16(5)15(4)11-17-10-14(3)7-8-19(27)23(29)20(31-6)12-21(28)25(17,22)24(30)26-18/h10-11,13,16-20,22-23,27,29H,7-9,12H2,1-6H3,(H,26,30)/b14-10+/t16-,17+,18-,19-,20-,22+,23-,25+/m1/s1. The fourth-order valence-corrected chi connectivity index (χ4v) is 6.08. The molecule has 0 aromatic rings. The van der Waals surface area contributed by atoms with Gasteiger partial charge in [-0.1, -0.05) is 44.1 Å². The van der Waals surface area contributed by atoms with Crippen molar-refractivity contribution in [2.75, 3.05) is 7.11 Å². The minimum atomic E-state index is -1.22. The summed E-state index contributed by atoms with van der Waals surface area (Å²) in [6.07, 6.45) is 2.79. The zero-order chi connectivity index (χ0) is 23.1. The molecule has 0 aromatic heterocycles. The molecule has 1 saturated heterocycles. The molecule has 0 aromatic carbocycles. The number of allylic oxidation sites excluding steroid dienone is 4. The third-order valence-electron chi connectivity index (χ3n) is 7.83. The van der Waals surface area contributed by atoms with Crippen molar-refractivity contribution >= 4 is 11.7 Å². The Morgan fingerprint density at radius 3 is 2.52 bits per heavy atom. The van der Waals surface area contributed by atoms with Crippen LogP contribution in [-0.4, -0.2) is 53.4 Å². The Bertz CT molecular complexity index is 772. The Morgan fingerprint density at radius 1 is 1.23 bits per heavy atom. The Hall–Kier alpha value is -1.50. The average Bonchev–Trinajstić information content (AvgIpc) is 2.98. The molecule has 1 fully saturated rings. The largest absolute Gasteiger partial charge is 0.390 e. The van der Waals surface area contributed by atoms with E-state index in [9.17, 15) is 19.8 Å². The summed E-state index contributed by atoms with van der Waals surface area (Å²) in [5.74, 6) is -0.445. The molecular weight excluding hydrogens is 394 g/mol. The number of ether oxygens (including phenoxy) is 1. The van der Waals surface area contributed by atoms with Crippen molar-refractivity contribution in [2.24, 2.45) is 29.1 Å². The quantitative estimate of drug-likeness (QED) is 0.470. The molecule has 31 heavy (non-hydrogen) atoms. The van der Waals surface area contributed by atoms with Gasteiger partial charge >= 0.3 is 0 Å². The van der Waals surface area contributed by atoms with Crippen molar-refractivity contribution in [1.29, 1.82) is 0 Å². The van der Waals surface area contributed by atoms with Gasteiger partial charge in [0.25, 0.3) is 0 Å². The van der Waals surface area contributed by atoms with Gasteiger partial charge in [0.05, 0.1) is 12.2 Å². The molecule has 1 aliphatic heterocycles. The summed E-state index contributed by atoms with van der Waals surface area (Å²) in [4.78, 5) is 27.7. The Balaban J connectivity index is 2.19. The summed E-state index contributed by atoms with van der Waals surface area (Å²) in [6.45, 7) is 10.4. The van der Waals surface area contributed by atoms with Gasteiger partial charge in [-0.05, 0) is 44.9 Å². The number of hydrogen-bond acceptors (Lipinski definition) is 5. The number of Topliss-reactive ketones (excluding diaryl/α,β-unsaturated/α-hetero) is 1. The van der Waals surface area contributed by atoms with Crippen LogP contribution in [0.15, 0.2) is 23.3 Å². The van der Waals surface area contributed by atoms with Gasteiger partial charge in [0, 0.05) is 31.4 Å². The number of carbonyl (C=O) groups excluding carboxylic acids is 2. The fourth-order valence-electron chi connectivity index (χ4n) is 6.08. The highest BCUT2D eigenvalue weighted by Gasteiger charge is 2.65. The van der Waals surface area contributed by atoms with Crippen LogP contribution in [0.5, 0.6) is 0 Å². The second-order valence-corrected chi connectivity index (χ2v) is 10.3. The number of rotatable bonds is 3. The number of aliphatic hydroxyl groups is 2. The van der Waals surface area contributed by atoms with Gasteiger partial charge in [-0.25, -0.2) is 0 Å². The van der Waals surface area contributed by atoms with E-state index in [1.807, 2.05) is 13.0 Å². The predicted molar refractivity (Wildman–Crippen MR) is 119 cm³/mol. The summed E-state index contributed by atoms with van der Waals surface area (Å²) < 4.78 is 5.45. The normalized spacial score (nSPS) is 43.3. The van der Waals surface area contributed by atoms with Gasteiger partial charge < -0.3 is 20.3 Å². The van der Waals surface area contributed by atoms with E-state index >= 15 is 0 Å². The van der Waals surface area contributed by atoms with Crippen LogP contribution in [0, 0.1) is 29.1 Å². The van der Waals surface area contributed by atoms with Crippen LogP contribution >= 0.6 is 0 Å². The maximum absolute atomic E-state index is 14.0. The van der Waals surface area contributed by atoms with Crippen molar-refractivity contribution in [3.05, 3.63) is 23.3 Å². The van der Waals surface area contributed by atoms with Gasteiger partial charge in [0.15, 0.2) is 5.78 Å². The second-order valence-electron chi connectivity index (χ2n) is 10.3. The second kappa shape index (κ2) is 9.16. The monoisotopic (exact) mass is 433 g/mol. The van der Waals surface area contributed by atoms with E-state index in [-0.39, 0.29) is 41.9 Å². The molecule has 3 aliphatic rings. The molecule has 8 atom stereocenters. The summed E-state index contributed by atoms with van der Waals surface area (Å²) in [5, 5.41) is 24.3. The number of hydrogen-bond donors (Lipinski definition) is 3. The highest BCUT2D eigenvalue weighted by molar-refractivity contribution is 6.09. The molecule has 0 unspecified atom stereocenters. The first kappa shape index (κ1) is 24.1. The number of nitrogens with one attached hydrogen (secondary N) is 1. The molecule has 6 heteroatoms. The topological polar surface area (TPSA) is 95.9 Å². The summed E-state index contributed by atoms with van der Waals surface area (Å²) >= 11 is 0. The van der Waals surface area contributed by atoms with Crippen LogP contribution in [0.3, 0.4) is 0 Å². The molecule has 3 N–H and O–H groups in total. The van der Waals surface area contributed by atoms with E-state index < -0.39 is 23.7 Å². The SMILES string of the molecule is CO[C@@H]1CC(=O)[C@]23C(=O)N[C@H](CC(C)C)[C@@H]2[C@H](C)C(C)=C[C@@H]3/C=C(\C)CC[C@@H](O)[C@H]1O. The van der Waals surface area contributed by atoms with Crippen molar-refractivity contribution in [2.45, 2.75) is 84.7 Å². The minimum absolute atomic E-state index is 0.0760. The van der Waals surface area contributed by atoms with Gasteiger partial charge in [0.1, 0.15) is 11.5 Å². The van der Waals surface area contributed by atoms with E-state index in [1.165, 1.54) is 12.7 Å². The van der Waals surface area contributed by atoms with Crippen molar-refractivity contribution in [1.82, 2.24) is 5.32 Å². The van der Waals surface area contributed by atoms with Crippen molar-refractivity contribution < 1.29 is 24.5 Å². The minimum Gasteiger partial charge on any atom is -0.390 e. The van der Waals surface area contributed by atoms with Crippen LogP contribution in [0.1, 0.15) is 60.3 Å². The summed E-state index contributed by atoms with van der Waals surface area (Å²) in [6, 6.07) is -0.0760. The molecule has 174 valence electrons. The van der Waals surface area contributed by atoms with E-state index in [4.69, 9.17) is 4.74 Å². The molecule has 0 radical (unpaired) electrons. The molecule has 0 saturated carbocycles. The summed E-state index contributed by atoms with van der Waals surface area (Å²) in [5.41, 5.74) is 0.994. The number of carbonyl (C=O) groups is 2. The van der Waals surface area contributed by atoms with Crippen LogP contribution in [0.25, 0.3) is 0 Å². The lowest BCUT2D eigenvalue weighted by molar-refractivity contribution is -0.149. The van der Waals surface area contributed by atoms with Crippen LogP contribution < -0.4 is 5.32 Å². The molecule has 2 aliphatic carbocycles. The number of methoxy groups -OCH3 is 1. The molecular formula is C25H39NO5. The molecule has 1 amide bonds. The van der Waals surface area contributed by atoms with Crippen LogP contribution in [0.4, 0.5) is 0 Å². The molecule has 1 heterocycles. The smallest absolute Gasteiger partial charge is 0.235 e. The lowest BCUT2D eigenvalue weighted by Gasteiger charge is -2.45. The zero-order valence-corrected chi connectivity index (χ0v) is 19.7. The molecule has 0 bridgehead atoms. The number of aliphatic hydroxyl groups excluding tert-OH is 2. The van der Waals surface area contributed by atoms with Crippen LogP contribution in [-0.2, 0) is 14.3 Å². The first-order valence-corrected chi connectivity index (χ1v) is 11.6. The Kier molecular flexibility index (Phi) is 7.14. The van der Waals surface area contributed by atoms with Gasteiger partial charge in [-0.3, -0.25) is 9.59 Å². The lowest BCUT2D eigenvalue weighted by atomic mass is 9.54. The fraction of sp³-hybridized carbons (Fsp3) is 0.760. The molecule has 6 nitrogen and oxygen atoms in total. The summed E-state index contributed by atoms with van der Waals surface area (Å²) in [7, 11) is 1.44. The molecule has 3 rings (SSSR count). The van der Waals surface area contributed by atoms with E-state index in [0.717, 1.165) is 12.0 Å². The molecule has 1 spiro atoms. The van der Waals surface area contributed by atoms with E-state index in [0.29, 0.717) is 18.8 Å². The van der Waals surface area contributed by atoms with Gasteiger partial charge in [-0.15, -0.1) is 0 Å². The van der Waals surface area contributed by atoms with E-state index in [2.05, 4.69) is 39.1 Å². The Morgan fingerprint density at radius 2 is 1.90 bits per heavy atom. The van der Waals surface area contributed by atoms with E-state index in [1.54, 1.807) is 0 Å². The highest BCUT2D eigenvalue weighted by atomic mass is 16.5. The average molecular weight is 434 g/mol. The Labute approximate surface area is 186 Å². The zero-order valence-electron chi connectivity index (χ0n) is 19.7. The number of amides is 1. The van der Waals surface area contributed by atoms with Gasteiger partial charge in [0.2, 0.25) is 5.91 Å². The number of ketones is 1. The lowest BCUT2D eigenvalue weighted by Crippen LogP contribution is -2.54. The maximum Gasteiger partial charge on any atom is 0.235 e. The third-order valence-corrected chi connectivity index (χ3v) is 7.83. The van der Waals surface area contributed by atoms with Crippen LogP contribution in [0.2, 0.25) is 0 Å². The maximum atomic E-state index is 14.0. The first-order chi connectivity index (χ1) is 14.5. The van der Waals surface area contributed by atoms with Gasteiger partial charge in [-0.2, -0.15) is 0 Å². The van der Waals surface area contributed by atoms with Crippen molar-refractivity contribution in [3.63, 3.8) is 0 Å². The highest BCUT2D eigenvalue weighted by Crippen LogP contribution is 2.55. The first-order valence-electron chi connectivity index (χ1n) is 11.6. The third kappa shape index (κ3) is 4.14. The predicted octanol–water partition coefficient (Wildman–Crippen LogP) is 2.78.